The highest BCUT2D eigenvalue weighted by molar-refractivity contribution is 9.09. The molecule has 0 aliphatic rings. The summed E-state index contributed by atoms with van der Waals surface area (Å²) in [5.74, 6) is 0.833. The molecule has 2 aromatic heterocycles. The molecule has 1 amide bonds. The van der Waals surface area contributed by atoms with Gasteiger partial charge in [0, 0.05) is 24.0 Å². The molecule has 4 aromatic rings. The number of carbonyl (C=O) groups excluding carboxylic acids is 1. The third-order valence-corrected chi connectivity index (χ3v) is 8.81. The summed E-state index contributed by atoms with van der Waals surface area (Å²) in [4.78, 5) is 40.0. The summed E-state index contributed by atoms with van der Waals surface area (Å²) >= 11 is 3.17. The number of ether oxygens (including phenoxy) is 1. The van der Waals surface area contributed by atoms with Crippen molar-refractivity contribution in [2.45, 2.75) is 77.8 Å². The molecule has 0 radical (unpaired) electrons. The molecule has 0 atom stereocenters. The van der Waals surface area contributed by atoms with Gasteiger partial charge >= 0.3 is 7.82 Å². The number of carbonyl (C=O) groups is 1. The van der Waals surface area contributed by atoms with Crippen LogP contribution in [0.4, 0.5) is 5.82 Å². The minimum atomic E-state index is -4.80. The fraction of sp³-hybridized carbons (Fsp3) is 0.469. The lowest BCUT2D eigenvalue weighted by Gasteiger charge is -2.29. The van der Waals surface area contributed by atoms with Gasteiger partial charge in [0.15, 0.2) is 5.82 Å². The van der Waals surface area contributed by atoms with E-state index in [1.807, 2.05) is 30.5 Å². The Morgan fingerprint density at radius 2 is 1.87 bits per heavy atom. The Bertz CT molecular complexity index is 1770. The number of rotatable bonds is 15. The van der Waals surface area contributed by atoms with E-state index < -0.39 is 13.4 Å². The molecule has 0 saturated carbocycles. The number of hydrogen-bond donors (Lipinski definition) is 5. The molecule has 2 heterocycles. The van der Waals surface area contributed by atoms with E-state index in [9.17, 15) is 24.3 Å². The third kappa shape index (κ3) is 8.77. The van der Waals surface area contributed by atoms with Crippen molar-refractivity contribution in [1.82, 2.24) is 19.9 Å². The fourth-order valence-electron chi connectivity index (χ4n) is 5.37. The second-order valence-electron chi connectivity index (χ2n) is 12.8. The Morgan fingerprint density at radius 1 is 1.13 bits per heavy atom. The zero-order valence-corrected chi connectivity index (χ0v) is 29.3. The maximum Gasteiger partial charge on any atom is 0.524 e. The van der Waals surface area contributed by atoms with Crippen LogP contribution in [0.3, 0.4) is 0 Å². The van der Waals surface area contributed by atoms with Crippen molar-refractivity contribution in [3.05, 3.63) is 53.3 Å². The van der Waals surface area contributed by atoms with Crippen molar-refractivity contribution >= 4 is 57.4 Å². The van der Waals surface area contributed by atoms with Crippen LogP contribution in [-0.4, -0.2) is 59.4 Å². The van der Waals surface area contributed by atoms with E-state index >= 15 is 0 Å². The second-order valence-corrected chi connectivity index (χ2v) is 14.5. The number of pyridine rings is 1. The van der Waals surface area contributed by atoms with Gasteiger partial charge in [-0.2, -0.15) is 0 Å². The number of alkyl halides is 1. The Balaban J connectivity index is 1.73. The van der Waals surface area contributed by atoms with Gasteiger partial charge in [-0.1, -0.05) is 49.2 Å². The first kappa shape index (κ1) is 35.6. The SMILES string of the molecule is CCCCc1nc2c(N)nc3ccc(C(C)(C)CCOCC(C)(C)NC(=O)CBr)cc3c2n1Cc1cc(OP(=O)(O)O)ccc1O. The van der Waals surface area contributed by atoms with Crippen LogP contribution >= 0.6 is 23.8 Å². The summed E-state index contributed by atoms with van der Waals surface area (Å²) in [5.41, 5.74) is 9.11. The van der Waals surface area contributed by atoms with Crippen LogP contribution < -0.4 is 15.6 Å². The molecular weight excluding hydrogens is 677 g/mol. The molecule has 0 fully saturated rings. The smallest absolute Gasteiger partial charge is 0.508 e. The van der Waals surface area contributed by atoms with E-state index in [1.54, 1.807) is 0 Å². The number of aromatic nitrogens is 3. The van der Waals surface area contributed by atoms with Gasteiger partial charge in [0.25, 0.3) is 0 Å². The van der Waals surface area contributed by atoms with Gasteiger partial charge < -0.3 is 30.0 Å². The van der Waals surface area contributed by atoms with E-state index in [0.717, 1.165) is 35.1 Å². The summed E-state index contributed by atoms with van der Waals surface area (Å²) in [6, 6.07) is 10.1. The molecule has 0 bridgehead atoms. The number of phosphoric acid groups is 1. The number of phenols is 1. The highest BCUT2D eigenvalue weighted by Gasteiger charge is 2.26. The number of hydrogen-bond acceptors (Lipinski definition) is 8. The molecule has 4 rings (SSSR count). The maximum absolute atomic E-state index is 11.8. The summed E-state index contributed by atoms with van der Waals surface area (Å²) in [7, 11) is -4.80. The molecule has 46 heavy (non-hydrogen) atoms. The van der Waals surface area contributed by atoms with Crippen LogP contribution in [0.5, 0.6) is 11.5 Å². The van der Waals surface area contributed by atoms with Crippen LogP contribution in [0.15, 0.2) is 36.4 Å². The summed E-state index contributed by atoms with van der Waals surface area (Å²) in [6.45, 7) is 11.2. The van der Waals surface area contributed by atoms with Gasteiger partial charge in [0.1, 0.15) is 22.8 Å². The number of anilines is 1. The number of unbranched alkanes of at least 4 members (excludes halogenated alkanes) is 1. The predicted molar refractivity (Wildman–Crippen MR) is 182 cm³/mol. The van der Waals surface area contributed by atoms with Gasteiger partial charge in [0.2, 0.25) is 5.91 Å². The summed E-state index contributed by atoms with van der Waals surface area (Å²) in [6.07, 6.45) is 3.18. The number of nitrogens with two attached hydrogens (primary N) is 1. The highest BCUT2D eigenvalue weighted by atomic mass is 79.9. The van der Waals surface area contributed by atoms with E-state index in [-0.39, 0.29) is 40.5 Å². The first-order valence-electron chi connectivity index (χ1n) is 15.1. The lowest BCUT2D eigenvalue weighted by molar-refractivity contribution is -0.120. The molecule has 6 N–H and O–H groups in total. The normalized spacial score (nSPS) is 12.6. The average molecular weight is 721 g/mol. The quantitative estimate of drug-likeness (QED) is 0.0580. The van der Waals surface area contributed by atoms with Gasteiger partial charge in [-0.05, 0) is 68.0 Å². The number of phenolic OH excluding ortho intramolecular Hbond substituents is 1. The molecule has 0 aliphatic carbocycles. The number of nitrogen functional groups attached to an aromatic ring is 1. The highest BCUT2D eigenvalue weighted by Crippen LogP contribution is 2.40. The number of imidazole rings is 1. The van der Waals surface area contributed by atoms with Crippen LogP contribution in [0, 0.1) is 0 Å². The number of nitrogens with one attached hydrogen (secondary N) is 1. The first-order chi connectivity index (χ1) is 21.5. The number of benzene rings is 2. The fourth-order valence-corrected chi connectivity index (χ4v) is 5.90. The topological polar surface area (TPSA) is 182 Å². The molecule has 12 nitrogen and oxygen atoms in total. The molecule has 0 spiro atoms. The van der Waals surface area contributed by atoms with Gasteiger partial charge in [-0.25, -0.2) is 14.5 Å². The standard InChI is InChI=1S/C32H43BrN5O7P/c1-6-7-8-26-36-28-29(38(26)18-20-15-22(10-12-25(20)39)45-46(41,42)43)23-16-21(9-11-24(23)35-30(28)34)31(2,3)13-14-44-19-32(4,5)37-27(40)17-33/h9-12,15-16,39H,6-8,13-14,17-19H2,1-5H3,(H2,34,35)(H,37,40)(H2,41,42,43). The molecule has 2 aromatic carbocycles. The number of phosphoric ester groups is 1. The van der Waals surface area contributed by atoms with Crippen LogP contribution in [0.1, 0.15) is 70.8 Å². The van der Waals surface area contributed by atoms with Crippen LogP contribution in [0.25, 0.3) is 21.9 Å². The maximum atomic E-state index is 11.8. The van der Waals surface area contributed by atoms with Crippen LogP contribution in [-0.2, 0) is 32.5 Å². The second kappa shape index (κ2) is 14.3. The summed E-state index contributed by atoms with van der Waals surface area (Å²) < 4.78 is 24.3. The van der Waals surface area contributed by atoms with E-state index in [2.05, 4.69) is 53.1 Å². The lowest BCUT2D eigenvalue weighted by atomic mass is 9.81. The Kier molecular flexibility index (Phi) is 11.1. The third-order valence-electron chi connectivity index (χ3n) is 7.85. The number of aromatic hydroxyl groups is 1. The zero-order chi connectivity index (χ0) is 33.9. The number of halogens is 1. The lowest BCUT2D eigenvalue weighted by Crippen LogP contribution is -2.47. The number of amides is 1. The van der Waals surface area contributed by atoms with E-state index in [4.69, 9.17) is 20.0 Å². The van der Waals surface area contributed by atoms with Gasteiger partial charge in [-0.15, -0.1) is 0 Å². The zero-order valence-electron chi connectivity index (χ0n) is 26.8. The van der Waals surface area contributed by atoms with Crippen molar-refractivity contribution < 1.29 is 33.5 Å². The van der Waals surface area contributed by atoms with Crippen molar-refractivity contribution in [3.8, 4) is 11.5 Å². The van der Waals surface area contributed by atoms with Gasteiger partial charge in [0.05, 0.1) is 35.1 Å². The van der Waals surface area contributed by atoms with Gasteiger partial charge in [-0.3, -0.25) is 14.6 Å². The molecule has 250 valence electrons. The minimum Gasteiger partial charge on any atom is -0.508 e. The number of nitrogens with zero attached hydrogens (tertiary/aromatic N) is 3. The number of aryl methyl sites for hydroxylation is 1. The minimum absolute atomic E-state index is 0.0514. The van der Waals surface area contributed by atoms with Crippen molar-refractivity contribution in [2.75, 3.05) is 24.3 Å². The monoisotopic (exact) mass is 719 g/mol. The molecular formula is C32H43BrN5O7P. The molecule has 0 aliphatic heterocycles. The van der Waals surface area contributed by atoms with Crippen molar-refractivity contribution in [1.29, 1.82) is 0 Å². The Labute approximate surface area is 277 Å². The summed E-state index contributed by atoms with van der Waals surface area (Å²) in [5, 5.41) is 14.8. The molecule has 0 saturated heterocycles. The Morgan fingerprint density at radius 3 is 2.54 bits per heavy atom. The predicted octanol–water partition coefficient (Wildman–Crippen LogP) is 5.71. The van der Waals surface area contributed by atoms with Crippen molar-refractivity contribution in [3.63, 3.8) is 0 Å². The molecule has 0 unspecified atom stereocenters. The number of fused-ring (bicyclic) bond motifs is 3. The molecule has 14 heteroatoms. The largest absolute Gasteiger partial charge is 0.524 e. The van der Waals surface area contributed by atoms with Crippen LogP contribution in [0.2, 0.25) is 0 Å². The average Bonchev–Trinajstić information content (AvgIpc) is 3.33. The van der Waals surface area contributed by atoms with E-state index in [1.165, 1.54) is 18.2 Å². The first-order valence-corrected chi connectivity index (χ1v) is 17.8. The van der Waals surface area contributed by atoms with Crippen molar-refractivity contribution in [2.24, 2.45) is 0 Å². The van der Waals surface area contributed by atoms with E-state index in [0.29, 0.717) is 42.7 Å². The Hall–Kier alpha value is -3.22.